The molecule has 0 radical (unpaired) electrons. The quantitative estimate of drug-likeness (QED) is 0.318. The van der Waals surface area contributed by atoms with E-state index in [1.165, 1.54) is 56.4 Å². The Morgan fingerprint density at radius 1 is 0.892 bits per heavy atom. The fourth-order valence-electron chi connectivity index (χ4n) is 3.99. The van der Waals surface area contributed by atoms with E-state index in [-0.39, 0.29) is 16.1 Å². The van der Waals surface area contributed by atoms with Crippen molar-refractivity contribution in [1.82, 2.24) is 4.57 Å². The Bertz CT molecular complexity index is 1570. The molecular formula is C27H26N2O7S. The first kappa shape index (κ1) is 25.8. The van der Waals surface area contributed by atoms with Crippen molar-refractivity contribution in [1.29, 1.82) is 0 Å². The van der Waals surface area contributed by atoms with Crippen molar-refractivity contribution >= 4 is 38.5 Å². The van der Waals surface area contributed by atoms with Crippen molar-refractivity contribution in [2.24, 2.45) is 0 Å². The van der Waals surface area contributed by atoms with Crippen LogP contribution in [0.25, 0.3) is 10.9 Å². The molecule has 9 nitrogen and oxygen atoms in total. The number of aryl methyl sites for hydroxylation is 1. The van der Waals surface area contributed by atoms with Crippen LogP contribution in [0.2, 0.25) is 0 Å². The largest absolute Gasteiger partial charge is 0.493 e. The van der Waals surface area contributed by atoms with Crippen LogP contribution in [0, 0.1) is 6.92 Å². The molecule has 0 aliphatic rings. The van der Waals surface area contributed by atoms with Gasteiger partial charge in [0.05, 0.1) is 43.0 Å². The number of nitrogens with zero attached hydrogens (tertiary/aromatic N) is 2. The van der Waals surface area contributed by atoms with Crippen molar-refractivity contribution in [3.05, 3.63) is 84.1 Å². The van der Waals surface area contributed by atoms with Gasteiger partial charge in [-0.15, -0.1) is 0 Å². The Kier molecular flexibility index (Phi) is 7.21. The molecule has 0 atom stereocenters. The molecule has 3 aromatic carbocycles. The maximum Gasteiger partial charge on any atom is 0.340 e. The van der Waals surface area contributed by atoms with E-state index < -0.39 is 28.4 Å². The lowest BCUT2D eigenvalue weighted by Gasteiger charge is -2.25. The van der Waals surface area contributed by atoms with Gasteiger partial charge >= 0.3 is 5.97 Å². The number of fused-ring (bicyclic) bond motifs is 1. The number of aromatic nitrogens is 1. The first-order chi connectivity index (χ1) is 17.7. The summed E-state index contributed by atoms with van der Waals surface area (Å²) in [5, 5.41) is 0.516. The van der Waals surface area contributed by atoms with Crippen LogP contribution in [0.1, 0.15) is 20.7 Å². The van der Waals surface area contributed by atoms with Gasteiger partial charge in [0.2, 0.25) is 0 Å². The van der Waals surface area contributed by atoms with Gasteiger partial charge in [0, 0.05) is 17.6 Å². The number of methoxy groups -OCH3 is 3. The number of benzene rings is 3. The molecule has 192 valence electrons. The summed E-state index contributed by atoms with van der Waals surface area (Å²) in [6.45, 7) is 1.30. The van der Waals surface area contributed by atoms with Crippen molar-refractivity contribution in [2.45, 2.75) is 11.8 Å². The zero-order chi connectivity index (χ0) is 26.7. The highest BCUT2D eigenvalue weighted by Crippen LogP contribution is 2.34. The molecule has 0 unspecified atom stereocenters. The number of carbonyl (C=O) groups excluding carboxylic acids is 2. The first-order valence-corrected chi connectivity index (χ1v) is 12.7. The molecule has 10 heteroatoms. The second-order valence-electron chi connectivity index (χ2n) is 8.18. The Labute approximate surface area is 214 Å². The van der Waals surface area contributed by atoms with Gasteiger partial charge in [-0.05, 0) is 37.3 Å². The van der Waals surface area contributed by atoms with Gasteiger partial charge < -0.3 is 14.2 Å². The minimum absolute atomic E-state index is 0.0216. The fourth-order valence-corrected chi connectivity index (χ4v) is 5.40. The predicted octanol–water partition coefficient (Wildman–Crippen LogP) is 4.29. The van der Waals surface area contributed by atoms with Crippen LogP contribution in [-0.2, 0) is 14.8 Å². The fraction of sp³-hybridized carbons (Fsp3) is 0.185. The minimum Gasteiger partial charge on any atom is -0.493 e. The molecule has 0 N–H and O–H groups in total. The molecule has 1 aromatic heterocycles. The number of hydrogen-bond donors (Lipinski definition) is 0. The standard InChI is InChI=1S/C27H26N2O7S/c1-18-9-12-20(13-10-18)37(32,33)29(19-11-14-24(34-2)25(15-19)35-3)17-26(30)28-16-22(27(31)36-4)21-7-5-6-8-23(21)28/h5-16H,17H2,1-4H3. The van der Waals surface area contributed by atoms with E-state index in [9.17, 15) is 18.0 Å². The van der Waals surface area contributed by atoms with Crippen molar-refractivity contribution in [3.63, 3.8) is 0 Å². The van der Waals surface area contributed by atoms with E-state index in [0.717, 1.165) is 9.87 Å². The third kappa shape index (κ3) is 4.88. The molecule has 0 bridgehead atoms. The van der Waals surface area contributed by atoms with E-state index in [1.807, 2.05) is 6.92 Å². The van der Waals surface area contributed by atoms with Gasteiger partial charge in [0.1, 0.15) is 6.54 Å². The second-order valence-corrected chi connectivity index (χ2v) is 10.0. The van der Waals surface area contributed by atoms with Crippen LogP contribution in [0.3, 0.4) is 0 Å². The second kappa shape index (κ2) is 10.4. The van der Waals surface area contributed by atoms with Crippen molar-refractivity contribution in [3.8, 4) is 11.5 Å². The van der Waals surface area contributed by atoms with E-state index in [1.54, 1.807) is 42.5 Å². The number of ether oxygens (including phenoxy) is 3. The van der Waals surface area contributed by atoms with Crippen LogP contribution in [0.4, 0.5) is 5.69 Å². The van der Waals surface area contributed by atoms with Crippen LogP contribution in [0.5, 0.6) is 11.5 Å². The monoisotopic (exact) mass is 522 g/mol. The summed E-state index contributed by atoms with van der Waals surface area (Å²) in [6.07, 6.45) is 1.37. The Morgan fingerprint density at radius 3 is 2.22 bits per heavy atom. The number of rotatable bonds is 8. The zero-order valence-electron chi connectivity index (χ0n) is 20.8. The summed E-state index contributed by atoms with van der Waals surface area (Å²) in [7, 11) is -0.0151. The number of para-hydroxylation sites is 1. The SMILES string of the molecule is COC(=O)c1cn(C(=O)CN(c2ccc(OC)c(OC)c2)S(=O)(=O)c2ccc(C)cc2)c2ccccc12. The summed E-state index contributed by atoms with van der Waals surface area (Å²) < 4.78 is 45.4. The summed E-state index contributed by atoms with van der Waals surface area (Å²) in [4.78, 5) is 26.0. The molecule has 0 spiro atoms. The third-order valence-electron chi connectivity index (χ3n) is 5.93. The molecule has 0 saturated carbocycles. The maximum atomic E-state index is 13.8. The van der Waals surface area contributed by atoms with Crippen molar-refractivity contribution < 1.29 is 32.2 Å². The molecular weight excluding hydrogens is 496 g/mol. The molecule has 0 amide bonds. The lowest BCUT2D eigenvalue weighted by Crippen LogP contribution is -2.37. The molecule has 4 rings (SSSR count). The summed E-state index contributed by atoms with van der Waals surface area (Å²) >= 11 is 0. The van der Waals surface area contributed by atoms with E-state index in [4.69, 9.17) is 14.2 Å². The number of esters is 1. The molecule has 37 heavy (non-hydrogen) atoms. The highest BCUT2D eigenvalue weighted by atomic mass is 32.2. The number of anilines is 1. The molecule has 1 heterocycles. The van der Waals surface area contributed by atoms with Crippen LogP contribution in [0.15, 0.2) is 77.8 Å². The smallest absolute Gasteiger partial charge is 0.340 e. The lowest BCUT2D eigenvalue weighted by molar-refractivity contribution is 0.0603. The third-order valence-corrected chi connectivity index (χ3v) is 7.72. The van der Waals surface area contributed by atoms with Gasteiger partial charge in [-0.1, -0.05) is 35.9 Å². The van der Waals surface area contributed by atoms with Crippen LogP contribution in [-0.4, -0.2) is 52.7 Å². The molecule has 0 fully saturated rings. The average molecular weight is 523 g/mol. The number of sulfonamides is 1. The van der Waals surface area contributed by atoms with Gasteiger partial charge in [-0.3, -0.25) is 13.7 Å². The predicted molar refractivity (Wildman–Crippen MR) is 139 cm³/mol. The van der Waals surface area contributed by atoms with Gasteiger partial charge in [-0.2, -0.15) is 0 Å². The Morgan fingerprint density at radius 2 is 1.57 bits per heavy atom. The average Bonchev–Trinajstić information content (AvgIpc) is 3.31. The van der Waals surface area contributed by atoms with Crippen LogP contribution < -0.4 is 13.8 Å². The number of hydrogen-bond acceptors (Lipinski definition) is 7. The molecule has 0 aliphatic heterocycles. The molecule has 0 aliphatic carbocycles. The summed E-state index contributed by atoms with van der Waals surface area (Å²) in [6, 6.07) is 17.8. The topological polar surface area (TPSA) is 104 Å². The Hall–Kier alpha value is -4.31. The van der Waals surface area contributed by atoms with Crippen LogP contribution >= 0.6 is 0 Å². The number of carbonyl (C=O) groups is 2. The van der Waals surface area contributed by atoms with Gasteiger partial charge in [0.15, 0.2) is 11.5 Å². The van der Waals surface area contributed by atoms with E-state index >= 15 is 0 Å². The summed E-state index contributed by atoms with van der Waals surface area (Å²) in [5.41, 5.74) is 1.75. The highest BCUT2D eigenvalue weighted by molar-refractivity contribution is 7.92. The van der Waals surface area contributed by atoms with Gasteiger partial charge in [-0.25, -0.2) is 13.2 Å². The normalized spacial score (nSPS) is 11.2. The van der Waals surface area contributed by atoms with E-state index in [2.05, 4.69) is 0 Å². The maximum absolute atomic E-state index is 13.8. The molecule has 4 aromatic rings. The minimum atomic E-state index is -4.17. The highest BCUT2D eigenvalue weighted by Gasteiger charge is 2.29. The Balaban J connectivity index is 1.84. The first-order valence-electron chi connectivity index (χ1n) is 11.2. The summed E-state index contributed by atoms with van der Waals surface area (Å²) in [5.74, 6) is -0.469. The van der Waals surface area contributed by atoms with Gasteiger partial charge in [0.25, 0.3) is 15.9 Å². The zero-order valence-corrected chi connectivity index (χ0v) is 21.6. The van der Waals surface area contributed by atoms with E-state index in [0.29, 0.717) is 22.4 Å². The van der Waals surface area contributed by atoms with Crippen molar-refractivity contribution in [2.75, 3.05) is 32.2 Å². The molecule has 0 saturated heterocycles. The lowest BCUT2D eigenvalue weighted by atomic mass is 10.2.